The van der Waals surface area contributed by atoms with Gasteiger partial charge in [0.05, 0.1) is 12.5 Å². The Labute approximate surface area is 101 Å². The maximum atomic E-state index is 11.5. The smallest absolute Gasteiger partial charge is 0.312 e. The minimum absolute atomic E-state index is 0.123. The van der Waals surface area contributed by atoms with Gasteiger partial charge < -0.3 is 4.74 Å². The topological polar surface area (TPSA) is 26.3 Å². The summed E-state index contributed by atoms with van der Waals surface area (Å²) in [5.41, 5.74) is 0. The first-order valence-corrected chi connectivity index (χ1v) is 6.40. The van der Waals surface area contributed by atoms with Gasteiger partial charge in [-0.3, -0.25) is 4.79 Å². The van der Waals surface area contributed by atoms with Gasteiger partial charge in [0.1, 0.15) is 0 Å². The van der Waals surface area contributed by atoms with Crippen molar-refractivity contribution >= 4 is 21.9 Å². The summed E-state index contributed by atoms with van der Waals surface area (Å²) >= 11 is 3.37. The Hall–Kier alpha value is -0.570. The van der Waals surface area contributed by atoms with Crippen molar-refractivity contribution in [2.24, 2.45) is 5.92 Å². The van der Waals surface area contributed by atoms with Gasteiger partial charge in [-0.05, 0) is 19.8 Å². The zero-order chi connectivity index (χ0) is 11.5. The van der Waals surface area contributed by atoms with Crippen molar-refractivity contribution in [3.05, 3.63) is 24.8 Å². The number of hydrogen-bond acceptors (Lipinski definition) is 2. The molecule has 0 aliphatic heterocycles. The van der Waals surface area contributed by atoms with Gasteiger partial charge in [0, 0.05) is 5.33 Å². The van der Waals surface area contributed by atoms with Crippen LogP contribution in [-0.2, 0) is 9.53 Å². The van der Waals surface area contributed by atoms with E-state index in [1.54, 1.807) is 12.2 Å². The molecule has 0 aromatic rings. The molecule has 0 saturated heterocycles. The molecule has 1 unspecified atom stereocenters. The Morgan fingerprint density at radius 1 is 1.53 bits per heavy atom. The van der Waals surface area contributed by atoms with E-state index < -0.39 is 0 Å². The van der Waals surface area contributed by atoms with Crippen LogP contribution in [0.3, 0.4) is 0 Å². The molecule has 0 fully saturated rings. The molecule has 3 heteroatoms. The lowest BCUT2D eigenvalue weighted by atomic mass is 10.0. The zero-order valence-electron chi connectivity index (χ0n) is 9.25. The number of ether oxygens (including phenoxy) is 1. The van der Waals surface area contributed by atoms with E-state index in [0.29, 0.717) is 6.61 Å². The minimum atomic E-state index is -0.134. The van der Waals surface area contributed by atoms with Gasteiger partial charge in [0.2, 0.25) is 0 Å². The maximum absolute atomic E-state index is 11.5. The van der Waals surface area contributed by atoms with Crippen LogP contribution in [0.4, 0.5) is 0 Å². The second-order valence-electron chi connectivity index (χ2n) is 3.16. The fourth-order valence-corrected chi connectivity index (χ4v) is 1.61. The van der Waals surface area contributed by atoms with Crippen LogP contribution in [0.1, 0.15) is 26.2 Å². The van der Waals surface area contributed by atoms with E-state index in [4.69, 9.17) is 4.74 Å². The van der Waals surface area contributed by atoms with E-state index in [2.05, 4.69) is 22.5 Å². The van der Waals surface area contributed by atoms with E-state index in [9.17, 15) is 4.79 Å². The predicted molar refractivity (Wildman–Crippen MR) is 67.1 cm³/mol. The highest BCUT2D eigenvalue weighted by Gasteiger charge is 2.15. The lowest BCUT2D eigenvalue weighted by Crippen LogP contribution is -2.15. The predicted octanol–water partition coefficient (Wildman–Crippen LogP) is 3.47. The van der Waals surface area contributed by atoms with Crippen molar-refractivity contribution in [2.75, 3.05) is 11.9 Å². The van der Waals surface area contributed by atoms with Crippen molar-refractivity contribution in [1.82, 2.24) is 0 Å². The molecule has 0 aliphatic rings. The van der Waals surface area contributed by atoms with Crippen molar-refractivity contribution in [1.29, 1.82) is 0 Å². The minimum Gasteiger partial charge on any atom is -0.466 e. The van der Waals surface area contributed by atoms with Crippen LogP contribution in [0, 0.1) is 5.92 Å². The first kappa shape index (κ1) is 14.4. The summed E-state index contributed by atoms with van der Waals surface area (Å²) in [5, 5.41) is 0.980. The van der Waals surface area contributed by atoms with Gasteiger partial charge in [0.25, 0.3) is 0 Å². The van der Waals surface area contributed by atoms with E-state index in [1.807, 2.05) is 13.0 Å². The molecule has 0 saturated carbocycles. The molecule has 0 N–H and O–H groups in total. The van der Waals surface area contributed by atoms with Crippen LogP contribution in [0.25, 0.3) is 0 Å². The molecule has 0 amide bonds. The molecular weight excluding hydrogens is 256 g/mol. The molecule has 2 nitrogen and oxygen atoms in total. The van der Waals surface area contributed by atoms with E-state index >= 15 is 0 Å². The quantitative estimate of drug-likeness (QED) is 0.293. The van der Waals surface area contributed by atoms with Gasteiger partial charge >= 0.3 is 5.97 Å². The van der Waals surface area contributed by atoms with Crippen molar-refractivity contribution in [2.45, 2.75) is 26.2 Å². The highest BCUT2D eigenvalue weighted by Crippen LogP contribution is 2.13. The summed E-state index contributed by atoms with van der Waals surface area (Å²) in [5.74, 6) is -0.257. The second kappa shape index (κ2) is 9.97. The molecule has 1 atom stereocenters. The molecule has 0 aromatic carbocycles. The van der Waals surface area contributed by atoms with Gasteiger partial charge in [-0.25, -0.2) is 0 Å². The second-order valence-corrected chi connectivity index (χ2v) is 3.96. The summed E-state index contributed by atoms with van der Waals surface area (Å²) in [6.07, 6.45) is 8.29. The van der Waals surface area contributed by atoms with Gasteiger partial charge in [-0.2, -0.15) is 0 Å². The number of rotatable bonds is 8. The standard InChI is InChI=1S/C12H19BrO2/c1-3-5-8-11(9-6-7-10-13)12(14)15-4-2/h3,5,8,11H,1,4,6-7,9-10H2,2H3. The van der Waals surface area contributed by atoms with Gasteiger partial charge in [-0.15, -0.1) is 0 Å². The van der Waals surface area contributed by atoms with E-state index in [-0.39, 0.29) is 11.9 Å². The first-order valence-electron chi connectivity index (χ1n) is 5.28. The largest absolute Gasteiger partial charge is 0.466 e. The molecule has 0 bridgehead atoms. The monoisotopic (exact) mass is 274 g/mol. The Balaban J connectivity index is 4.10. The Morgan fingerprint density at radius 3 is 2.80 bits per heavy atom. The number of carbonyl (C=O) groups excluding carboxylic acids is 1. The highest BCUT2D eigenvalue weighted by molar-refractivity contribution is 9.09. The summed E-state index contributed by atoms with van der Waals surface area (Å²) in [6, 6.07) is 0. The fraction of sp³-hybridized carbons (Fsp3) is 0.583. The third-order valence-electron chi connectivity index (χ3n) is 1.97. The summed E-state index contributed by atoms with van der Waals surface area (Å²) in [6.45, 7) is 5.85. The van der Waals surface area contributed by atoms with Crippen LogP contribution in [0.15, 0.2) is 24.8 Å². The van der Waals surface area contributed by atoms with E-state index in [0.717, 1.165) is 24.6 Å². The lowest BCUT2D eigenvalue weighted by molar-refractivity contribution is -0.146. The van der Waals surface area contributed by atoms with Crippen LogP contribution in [0.5, 0.6) is 0 Å². The van der Waals surface area contributed by atoms with Crippen molar-refractivity contribution in [3.8, 4) is 0 Å². The molecular formula is C12H19BrO2. The zero-order valence-corrected chi connectivity index (χ0v) is 10.8. The molecule has 15 heavy (non-hydrogen) atoms. The Kier molecular flexibility index (Phi) is 9.59. The molecule has 86 valence electrons. The number of hydrogen-bond donors (Lipinski definition) is 0. The number of carbonyl (C=O) groups is 1. The Bertz CT molecular complexity index is 212. The normalized spacial score (nSPS) is 12.7. The molecule has 0 spiro atoms. The number of alkyl halides is 1. The van der Waals surface area contributed by atoms with Crippen molar-refractivity contribution < 1.29 is 9.53 Å². The van der Waals surface area contributed by atoms with Crippen LogP contribution < -0.4 is 0 Å². The van der Waals surface area contributed by atoms with Crippen LogP contribution >= 0.6 is 15.9 Å². The summed E-state index contributed by atoms with van der Waals surface area (Å²) < 4.78 is 5.00. The lowest BCUT2D eigenvalue weighted by Gasteiger charge is -2.10. The third kappa shape index (κ3) is 7.37. The van der Waals surface area contributed by atoms with E-state index in [1.165, 1.54) is 0 Å². The molecule has 0 radical (unpaired) electrons. The SMILES string of the molecule is C=CC=CC(CCCCBr)C(=O)OCC. The average Bonchev–Trinajstić information content (AvgIpc) is 2.23. The number of allylic oxidation sites excluding steroid dienone is 2. The number of esters is 1. The van der Waals surface area contributed by atoms with Gasteiger partial charge in [0.15, 0.2) is 0 Å². The van der Waals surface area contributed by atoms with Crippen molar-refractivity contribution in [3.63, 3.8) is 0 Å². The van der Waals surface area contributed by atoms with Gasteiger partial charge in [-0.1, -0.05) is 47.2 Å². The highest BCUT2D eigenvalue weighted by atomic mass is 79.9. The molecule has 0 rings (SSSR count). The summed E-state index contributed by atoms with van der Waals surface area (Å²) in [7, 11) is 0. The number of halogens is 1. The maximum Gasteiger partial charge on any atom is 0.312 e. The first-order chi connectivity index (χ1) is 7.26. The summed E-state index contributed by atoms with van der Waals surface area (Å²) in [4.78, 5) is 11.5. The number of unbranched alkanes of at least 4 members (excludes halogenated alkanes) is 1. The average molecular weight is 275 g/mol. The fourth-order valence-electron chi connectivity index (χ4n) is 1.21. The van der Waals surface area contributed by atoms with Crippen LogP contribution in [0.2, 0.25) is 0 Å². The van der Waals surface area contributed by atoms with Crippen LogP contribution in [-0.4, -0.2) is 17.9 Å². The molecule has 0 aromatic heterocycles. The molecule has 0 aliphatic carbocycles. The third-order valence-corrected chi connectivity index (χ3v) is 2.53. The Morgan fingerprint density at radius 2 is 2.27 bits per heavy atom. The molecule has 0 heterocycles.